The summed E-state index contributed by atoms with van der Waals surface area (Å²) in [5, 5.41) is 3.32. The van der Waals surface area contributed by atoms with Gasteiger partial charge in [0.05, 0.1) is 6.54 Å². The summed E-state index contributed by atoms with van der Waals surface area (Å²) in [5.74, 6) is 0. The van der Waals surface area contributed by atoms with E-state index in [9.17, 15) is 8.78 Å². The van der Waals surface area contributed by atoms with Crippen molar-refractivity contribution >= 4 is 11.6 Å². The molecule has 0 aliphatic carbocycles. The Morgan fingerprint density at radius 2 is 2.12 bits per heavy atom. The molecule has 3 N–H and O–H groups in total. The number of alkyl halides is 2. The van der Waals surface area contributed by atoms with E-state index in [1.165, 1.54) is 0 Å². The maximum Gasteiger partial charge on any atom is 0.250 e. The molecule has 1 unspecified atom stereocenters. The number of hydrogen-bond acceptors (Lipinski definition) is 2. The van der Waals surface area contributed by atoms with Crippen molar-refractivity contribution in [2.24, 2.45) is 5.73 Å². The summed E-state index contributed by atoms with van der Waals surface area (Å²) in [6.45, 7) is 1.77. The molecule has 1 atom stereocenters. The zero-order chi connectivity index (χ0) is 12.1. The lowest BCUT2D eigenvalue weighted by atomic mass is 10.1. The summed E-state index contributed by atoms with van der Waals surface area (Å²) >= 11 is 5.96. The molecule has 0 amide bonds. The molecule has 0 saturated carbocycles. The number of halogens is 3. The number of benzene rings is 1. The normalized spacial score (nSPS) is 13.1. The average molecular weight is 249 g/mol. The second-order valence-electron chi connectivity index (χ2n) is 3.60. The van der Waals surface area contributed by atoms with Crippen LogP contribution >= 0.6 is 11.6 Å². The van der Waals surface area contributed by atoms with Gasteiger partial charge in [-0.3, -0.25) is 0 Å². The van der Waals surface area contributed by atoms with Crippen LogP contribution < -0.4 is 11.1 Å². The molecule has 16 heavy (non-hydrogen) atoms. The lowest BCUT2D eigenvalue weighted by Gasteiger charge is -2.17. The molecule has 0 bridgehead atoms. The lowest BCUT2D eigenvalue weighted by molar-refractivity contribution is 0.141. The Morgan fingerprint density at radius 1 is 1.44 bits per heavy atom. The summed E-state index contributed by atoms with van der Waals surface area (Å²) in [6.07, 6.45) is -2.38. The molecule has 0 fully saturated rings. The van der Waals surface area contributed by atoms with Crippen LogP contribution in [-0.2, 0) is 0 Å². The predicted molar refractivity (Wildman–Crippen MR) is 62.0 cm³/mol. The van der Waals surface area contributed by atoms with Crippen molar-refractivity contribution in [3.05, 3.63) is 34.3 Å². The van der Waals surface area contributed by atoms with Crippen molar-refractivity contribution < 1.29 is 8.78 Å². The third-order valence-corrected chi connectivity index (χ3v) is 2.76. The standard InChI is InChI=1S/C11H15ClF2N2/c1-7-2-3-8(4-9(7)12)10(5-15)16-6-11(13)14/h2-4,10-11,16H,5-6,15H2,1H3. The average Bonchev–Trinajstić information content (AvgIpc) is 2.23. The number of aryl methyl sites for hydroxylation is 1. The van der Waals surface area contributed by atoms with Gasteiger partial charge in [-0.15, -0.1) is 0 Å². The van der Waals surface area contributed by atoms with Crippen molar-refractivity contribution in [2.45, 2.75) is 19.4 Å². The van der Waals surface area contributed by atoms with Crippen LogP contribution in [0.25, 0.3) is 0 Å². The fraction of sp³-hybridized carbons (Fsp3) is 0.455. The van der Waals surface area contributed by atoms with Crippen LogP contribution in [0.15, 0.2) is 18.2 Å². The summed E-state index contributed by atoms with van der Waals surface area (Å²) in [7, 11) is 0. The van der Waals surface area contributed by atoms with E-state index in [1.54, 1.807) is 6.07 Å². The zero-order valence-corrected chi connectivity index (χ0v) is 9.77. The lowest BCUT2D eigenvalue weighted by Crippen LogP contribution is -2.31. The molecule has 0 radical (unpaired) electrons. The van der Waals surface area contributed by atoms with Gasteiger partial charge in [-0.05, 0) is 24.1 Å². The van der Waals surface area contributed by atoms with E-state index < -0.39 is 6.43 Å². The highest BCUT2D eigenvalue weighted by Gasteiger charge is 2.12. The molecule has 0 aliphatic heterocycles. The molecule has 0 spiro atoms. The highest BCUT2D eigenvalue weighted by molar-refractivity contribution is 6.31. The van der Waals surface area contributed by atoms with Gasteiger partial charge in [-0.25, -0.2) is 8.78 Å². The maximum atomic E-state index is 12.1. The van der Waals surface area contributed by atoms with E-state index in [0.29, 0.717) is 5.02 Å². The minimum Gasteiger partial charge on any atom is -0.329 e. The molecule has 1 rings (SSSR count). The van der Waals surface area contributed by atoms with E-state index in [4.69, 9.17) is 17.3 Å². The molecule has 0 aromatic heterocycles. The van der Waals surface area contributed by atoms with Gasteiger partial charge in [0.25, 0.3) is 6.43 Å². The fourth-order valence-corrected chi connectivity index (χ4v) is 1.58. The SMILES string of the molecule is Cc1ccc(C(CN)NCC(F)F)cc1Cl. The summed E-state index contributed by atoms with van der Waals surface area (Å²) < 4.78 is 24.1. The molecule has 0 saturated heterocycles. The molecular weight excluding hydrogens is 234 g/mol. The van der Waals surface area contributed by atoms with Crippen LogP contribution in [0.4, 0.5) is 8.78 Å². The van der Waals surface area contributed by atoms with Gasteiger partial charge < -0.3 is 11.1 Å². The third-order valence-electron chi connectivity index (χ3n) is 2.35. The van der Waals surface area contributed by atoms with Gasteiger partial charge in [0.15, 0.2) is 0 Å². The molecule has 1 aromatic carbocycles. The Balaban J connectivity index is 2.74. The number of nitrogens with two attached hydrogens (primary N) is 1. The van der Waals surface area contributed by atoms with Crippen LogP contribution in [0.5, 0.6) is 0 Å². The van der Waals surface area contributed by atoms with Gasteiger partial charge in [-0.1, -0.05) is 23.7 Å². The number of nitrogens with one attached hydrogen (secondary N) is 1. The maximum absolute atomic E-state index is 12.1. The van der Waals surface area contributed by atoms with E-state index >= 15 is 0 Å². The van der Waals surface area contributed by atoms with E-state index in [-0.39, 0.29) is 19.1 Å². The Morgan fingerprint density at radius 3 is 2.62 bits per heavy atom. The third kappa shape index (κ3) is 3.70. The van der Waals surface area contributed by atoms with Crippen molar-refractivity contribution in [3.63, 3.8) is 0 Å². The van der Waals surface area contributed by atoms with Crippen molar-refractivity contribution in [1.82, 2.24) is 5.32 Å². The zero-order valence-electron chi connectivity index (χ0n) is 9.01. The molecule has 2 nitrogen and oxygen atoms in total. The molecular formula is C11H15ClF2N2. The fourth-order valence-electron chi connectivity index (χ4n) is 1.39. The summed E-state index contributed by atoms with van der Waals surface area (Å²) in [6, 6.07) is 5.17. The minimum atomic E-state index is -2.38. The van der Waals surface area contributed by atoms with Crippen LogP contribution in [-0.4, -0.2) is 19.5 Å². The van der Waals surface area contributed by atoms with Crippen molar-refractivity contribution in [2.75, 3.05) is 13.1 Å². The largest absolute Gasteiger partial charge is 0.329 e. The summed E-state index contributed by atoms with van der Waals surface area (Å²) in [4.78, 5) is 0. The smallest absolute Gasteiger partial charge is 0.250 e. The molecule has 5 heteroatoms. The van der Waals surface area contributed by atoms with E-state index in [2.05, 4.69) is 5.32 Å². The topological polar surface area (TPSA) is 38.0 Å². The molecule has 0 heterocycles. The Kier molecular flexibility index (Phi) is 5.12. The Labute approximate surface area is 98.8 Å². The minimum absolute atomic E-state index is 0.256. The monoisotopic (exact) mass is 248 g/mol. The second-order valence-corrected chi connectivity index (χ2v) is 4.00. The van der Waals surface area contributed by atoms with Gasteiger partial charge in [0.1, 0.15) is 0 Å². The second kappa shape index (κ2) is 6.13. The van der Waals surface area contributed by atoms with Crippen LogP contribution in [0.2, 0.25) is 5.02 Å². The van der Waals surface area contributed by atoms with Gasteiger partial charge in [0, 0.05) is 17.6 Å². The first kappa shape index (κ1) is 13.4. The Bertz CT molecular complexity index is 345. The molecule has 1 aromatic rings. The Hall–Kier alpha value is -0.710. The first-order chi connectivity index (χ1) is 7.54. The predicted octanol–water partition coefficient (Wildman–Crippen LogP) is 2.50. The highest BCUT2D eigenvalue weighted by atomic mass is 35.5. The summed E-state index contributed by atoms with van der Waals surface area (Å²) in [5.41, 5.74) is 7.31. The van der Waals surface area contributed by atoms with Crippen molar-refractivity contribution in [3.8, 4) is 0 Å². The highest BCUT2D eigenvalue weighted by Crippen LogP contribution is 2.21. The van der Waals surface area contributed by atoms with Crippen LogP contribution in [0.3, 0.4) is 0 Å². The van der Waals surface area contributed by atoms with Crippen molar-refractivity contribution in [1.29, 1.82) is 0 Å². The van der Waals surface area contributed by atoms with E-state index in [0.717, 1.165) is 11.1 Å². The van der Waals surface area contributed by atoms with Gasteiger partial charge in [0.2, 0.25) is 0 Å². The first-order valence-electron chi connectivity index (χ1n) is 5.02. The van der Waals surface area contributed by atoms with E-state index in [1.807, 2.05) is 19.1 Å². The van der Waals surface area contributed by atoms with Gasteiger partial charge >= 0.3 is 0 Å². The number of hydrogen-bond donors (Lipinski definition) is 2. The van der Waals surface area contributed by atoms with Crippen LogP contribution in [0.1, 0.15) is 17.2 Å². The molecule has 0 aliphatic rings. The molecule has 90 valence electrons. The van der Waals surface area contributed by atoms with Gasteiger partial charge in [-0.2, -0.15) is 0 Å². The number of rotatable bonds is 5. The van der Waals surface area contributed by atoms with Crippen LogP contribution in [0, 0.1) is 6.92 Å². The first-order valence-corrected chi connectivity index (χ1v) is 5.40. The quantitative estimate of drug-likeness (QED) is 0.840.